The van der Waals surface area contributed by atoms with Crippen LogP contribution in [0.15, 0.2) is 42.0 Å². The van der Waals surface area contributed by atoms with E-state index < -0.39 is 26.8 Å². The van der Waals surface area contributed by atoms with Gasteiger partial charge in [0, 0.05) is 6.38 Å². The van der Waals surface area contributed by atoms with E-state index in [4.69, 9.17) is 0 Å². The summed E-state index contributed by atoms with van der Waals surface area (Å²) in [7, 11) is 0. The van der Waals surface area contributed by atoms with Crippen LogP contribution in [0.3, 0.4) is 0 Å². The maximum atomic E-state index is 4.64. The van der Waals surface area contributed by atoms with Crippen molar-refractivity contribution in [2.45, 2.75) is 39.8 Å². The fraction of sp³-hybridized carbons (Fsp3) is 0.467. The maximum absolute atomic E-state index is 4.64. The summed E-state index contributed by atoms with van der Waals surface area (Å²) in [6.07, 6.45) is 13.5. The molecule has 2 rings (SSSR count). The van der Waals surface area contributed by atoms with Crippen molar-refractivity contribution in [3.05, 3.63) is 42.0 Å². The van der Waals surface area contributed by atoms with Crippen LogP contribution in [0.4, 0.5) is 0 Å². The molecule has 0 aliphatic heterocycles. The molecule has 0 amide bonds. The molecule has 3 heteroatoms. The summed E-state index contributed by atoms with van der Waals surface area (Å²) in [6, 6.07) is 0. The Morgan fingerprint density at radius 1 is 0.944 bits per heavy atom. The topological polar surface area (TPSA) is 0 Å². The second kappa shape index (κ2) is 7.82. The van der Waals surface area contributed by atoms with Gasteiger partial charge in [-0.2, -0.15) is 0 Å². The van der Waals surface area contributed by atoms with Gasteiger partial charge in [0.15, 0.2) is 0 Å². The van der Waals surface area contributed by atoms with Crippen LogP contribution in [0.1, 0.15) is 26.7 Å². The molecule has 0 aromatic carbocycles. The Morgan fingerprint density at radius 2 is 1.33 bits per heavy atom. The number of rotatable bonds is 3. The Labute approximate surface area is 126 Å². The smallest absolute Gasteiger partial charge is 0.0108 e. The fourth-order valence-corrected chi connectivity index (χ4v) is 23.6. The van der Waals surface area contributed by atoms with Gasteiger partial charge >= 0.3 is 109 Å². The minimum Gasteiger partial charge on any atom is -0.130 e. The molecule has 0 heterocycles. The molecule has 0 spiro atoms. The van der Waals surface area contributed by atoms with Crippen LogP contribution in [0.25, 0.3) is 0 Å². The minimum absolute atomic E-state index is 0.468. The molecule has 2 aliphatic rings. The van der Waals surface area contributed by atoms with Crippen LogP contribution < -0.4 is 0 Å². The van der Waals surface area contributed by atoms with Crippen molar-refractivity contribution in [3.63, 3.8) is 0 Å². The van der Waals surface area contributed by atoms with Crippen molar-refractivity contribution in [3.8, 4) is 0 Å². The largest absolute Gasteiger partial charge is 0.130 e. The van der Waals surface area contributed by atoms with E-state index in [9.17, 15) is 0 Å². The zero-order valence-electron chi connectivity index (χ0n) is 12.2. The van der Waals surface area contributed by atoms with Crippen LogP contribution in [-0.4, -0.2) is 12.3 Å². The molecule has 0 radical (unpaired) electrons. The van der Waals surface area contributed by atoms with Gasteiger partial charge in [-0.15, -0.1) is 11.6 Å². The first kappa shape index (κ1) is 16.4. The molecule has 0 unspecified atom stereocenters. The van der Waals surface area contributed by atoms with E-state index in [0.717, 1.165) is 0 Å². The Morgan fingerprint density at radius 3 is 1.56 bits per heavy atom. The number of hydrogen-bond acceptors (Lipinski definition) is 0. The molecule has 0 N–H and O–H groups in total. The van der Waals surface area contributed by atoms with Crippen LogP contribution in [0.5, 0.6) is 0 Å². The van der Waals surface area contributed by atoms with Gasteiger partial charge in [0.05, 0.1) is 0 Å². The summed E-state index contributed by atoms with van der Waals surface area (Å²) >= 11 is 3.24. The van der Waals surface area contributed by atoms with E-state index in [2.05, 4.69) is 62.8 Å². The normalized spacial score (nSPS) is 17.7. The summed E-state index contributed by atoms with van der Waals surface area (Å²) in [6.45, 7) is 9.81. The summed E-state index contributed by atoms with van der Waals surface area (Å²) in [4.78, 5) is 0. The Bertz CT molecular complexity index is 380. The molecule has 0 aromatic heterocycles. The summed E-state index contributed by atoms with van der Waals surface area (Å²) in [5, 5.41) is 0. The van der Waals surface area contributed by atoms with E-state index >= 15 is 0 Å². The zero-order chi connectivity index (χ0) is 13.7. The van der Waals surface area contributed by atoms with Crippen LogP contribution >= 0.6 is 11.6 Å². The molecule has 2 aliphatic carbocycles. The second-order valence-electron chi connectivity index (χ2n) is 5.10. The monoisotopic (exact) mass is 357 g/mol. The van der Waals surface area contributed by atoms with E-state index in [0.29, 0.717) is 0 Å². The molecule has 0 atom stereocenters. The quantitative estimate of drug-likeness (QED) is 0.496. The van der Waals surface area contributed by atoms with Crippen molar-refractivity contribution in [2.24, 2.45) is 0 Å². The predicted molar refractivity (Wildman–Crippen MR) is 83.6 cm³/mol. The van der Waals surface area contributed by atoms with Gasteiger partial charge in [-0.25, -0.2) is 0 Å². The molecule has 0 nitrogen and oxygen atoms in total. The van der Waals surface area contributed by atoms with Gasteiger partial charge in [-0.3, -0.25) is 0 Å². The fourth-order valence-electron chi connectivity index (χ4n) is 2.75. The number of allylic oxidation sites excluding steroid dienone is 8. The van der Waals surface area contributed by atoms with E-state index in [-0.39, 0.29) is 0 Å². The molecule has 0 aromatic rings. The molecular weight excluding hydrogens is 335 g/mol. The SMILES string of the molecule is CC1=[C]([Zr]([C]2=C(C)C=CC2)[SiH](C)C)CC=C1.CCl. The van der Waals surface area contributed by atoms with Crippen molar-refractivity contribution >= 4 is 17.5 Å². The zero-order valence-corrected chi connectivity index (χ0v) is 16.5. The summed E-state index contributed by atoms with van der Waals surface area (Å²) in [5.74, 6) is -0.468. The third-order valence-corrected chi connectivity index (χ3v) is 23.5. The first-order valence-electron chi connectivity index (χ1n) is 6.59. The van der Waals surface area contributed by atoms with Gasteiger partial charge in [0.2, 0.25) is 0 Å². The summed E-state index contributed by atoms with van der Waals surface area (Å²) < 4.78 is 3.81. The molecule has 0 bridgehead atoms. The van der Waals surface area contributed by atoms with Crippen molar-refractivity contribution in [2.75, 3.05) is 6.38 Å². The van der Waals surface area contributed by atoms with Gasteiger partial charge < -0.3 is 0 Å². The molecule has 18 heavy (non-hydrogen) atoms. The standard InChI is InChI=1S/2C6H7.C2H7Si.CH3Cl.Zr/c2*1-6-4-2-3-5-6;1-3-2;1-2;/h2*2,4H,3H2,1H3;3H,1-2H3;1H3;. The van der Waals surface area contributed by atoms with Crippen molar-refractivity contribution in [1.82, 2.24) is 0 Å². The number of alkyl halides is 1. The van der Waals surface area contributed by atoms with Crippen LogP contribution in [0.2, 0.25) is 13.1 Å². The van der Waals surface area contributed by atoms with E-state index in [1.54, 1.807) is 11.1 Å². The van der Waals surface area contributed by atoms with Gasteiger partial charge in [0.1, 0.15) is 0 Å². The minimum atomic E-state index is -1.40. The van der Waals surface area contributed by atoms with Crippen LogP contribution in [0, 0.1) is 0 Å². The van der Waals surface area contributed by atoms with Gasteiger partial charge in [0.25, 0.3) is 0 Å². The second-order valence-corrected chi connectivity index (χ2v) is 24.3. The predicted octanol–water partition coefficient (Wildman–Crippen LogP) is 4.91. The average molecular weight is 359 g/mol. The van der Waals surface area contributed by atoms with Crippen molar-refractivity contribution in [1.29, 1.82) is 0 Å². The average Bonchev–Trinajstić information content (AvgIpc) is 2.93. The Kier molecular flexibility index (Phi) is 7.13. The molecular formula is C15H24ClSiZr. The third-order valence-electron chi connectivity index (χ3n) is 3.56. The van der Waals surface area contributed by atoms with Crippen molar-refractivity contribution < 1.29 is 20.9 Å². The molecule has 0 saturated heterocycles. The molecule has 0 fully saturated rings. The Balaban J connectivity index is 0.000000771. The van der Waals surface area contributed by atoms with Gasteiger partial charge in [-0.05, 0) is 0 Å². The maximum Gasteiger partial charge on any atom is 0.0108 e. The van der Waals surface area contributed by atoms with E-state index in [1.807, 2.05) is 6.56 Å². The molecule has 0 saturated carbocycles. The third kappa shape index (κ3) is 3.68. The first-order valence-corrected chi connectivity index (χ1v) is 16.9. The summed E-state index contributed by atoms with van der Waals surface area (Å²) in [5.41, 5.74) is 3.23. The number of halogens is 1. The Hall–Kier alpha value is 0.350. The van der Waals surface area contributed by atoms with Crippen LogP contribution in [-0.2, 0) is 20.9 Å². The molecule has 99 valence electrons. The van der Waals surface area contributed by atoms with Gasteiger partial charge in [-0.1, -0.05) is 0 Å². The van der Waals surface area contributed by atoms with E-state index in [1.165, 1.54) is 19.2 Å². The first-order chi connectivity index (χ1) is 8.61. The number of hydrogen-bond donors (Lipinski definition) is 0.